The second-order valence-corrected chi connectivity index (χ2v) is 6.93. The molecule has 0 aliphatic carbocycles. The monoisotopic (exact) mass is 416 g/mol. The molecule has 0 saturated heterocycles. The minimum atomic E-state index is -0.329. The van der Waals surface area contributed by atoms with E-state index in [1.165, 1.54) is 27.7 Å². The van der Waals surface area contributed by atoms with Crippen LogP contribution in [-0.4, -0.2) is 44.1 Å². The molecule has 0 saturated carbocycles. The van der Waals surface area contributed by atoms with Crippen LogP contribution in [0.1, 0.15) is 5.56 Å². The van der Waals surface area contributed by atoms with Crippen molar-refractivity contribution < 1.29 is 9.13 Å². The predicted molar refractivity (Wildman–Crippen MR) is 116 cm³/mol. The number of hydrogen-bond acceptors (Lipinski definition) is 6. The second kappa shape index (κ2) is 7.69. The summed E-state index contributed by atoms with van der Waals surface area (Å²) < 4.78 is 21.3. The quantitative estimate of drug-likeness (QED) is 0.411. The minimum absolute atomic E-state index is 0.243. The first-order valence-corrected chi connectivity index (χ1v) is 9.61. The van der Waals surface area contributed by atoms with Crippen LogP contribution in [0.15, 0.2) is 64.8 Å². The van der Waals surface area contributed by atoms with Crippen LogP contribution in [0.5, 0.6) is 0 Å². The molecule has 5 aromatic rings. The van der Waals surface area contributed by atoms with Crippen molar-refractivity contribution in [2.75, 3.05) is 13.7 Å². The fourth-order valence-electron chi connectivity index (χ4n) is 3.39. The Morgan fingerprint density at radius 2 is 1.81 bits per heavy atom. The van der Waals surface area contributed by atoms with E-state index in [0.29, 0.717) is 51.9 Å². The summed E-state index contributed by atoms with van der Waals surface area (Å²) in [5.41, 5.74) is 2.99. The number of halogens is 1. The topological polar surface area (TPSA) is 87.2 Å². The molecule has 0 atom stereocenters. The number of aromatic nitrogens is 5. The standard InChI is InChI=1S/C22H17FN6O2/c1-31-11-10-28-13-24-20-18(22(28)30)19-21(27-17-5-3-2-4-16(17)26-19)29(20)25-12-14-6-8-15(23)9-7-14/h2-9,12-13H,10-11H2,1H3. The third-order valence-electron chi connectivity index (χ3n) is 4.94. The van der Waals surface area contributed by atoms with Gasteiger partial charge in [-0.2, -0.15) is 9.78 Å². The average Bonchev–Trinajstić information content (AvgIpc) is 3.10. The number of para-hydroxylation sites is 2. The number of rotatable bonds is 5. The van der Waals surface area contributed by atoms with Crippen molar-refractivity contribution in [3.05, 3.63) is 76.6 Å². The van der Waals surface area contributed by atoms with E-state index >= 15 is 0 Å². The van der Waals surface area contributed by atoms with Gasteiger partial charge in [0.25, 0.3) is 5.56 Å². The van der Waals surface area contributed by atoms with Crippen molar-refractivity contribution in [1.29, 1.82) is 0 Å². The number of nitrogens with zero attached hydrogens (tertiary/aromatic N) is 6. The van der Waals surface area contributed by atoms with Crippen molar-refractivity contribution in [2.45, 2.75) is 6.54 Å². The summed E-state index contributed by atoms with van der Waals surface area (Å²) in [5, 5.41) is 4.83. The van der Waals surface area contributed by atoms with Gasteiger partial charge < -0.3 is 4.74 Å². The lowest BCUT2D eigenvalue weighted by atomic mass is 10.2. The first kappa shape index (κ1) is 19.0. The molecule has 0 amide bonds. The molecule has 8 nitrogen and oxygen atoms in total. The zero-order valence-corrected chi connectivity index (χ0v) is 16.6. The molecule has 31 heavy (non-hydrogen) atoms. The molecule has 0 aliphatic heterocycles. The summed E-state index contributed by atoms with van der Waals surface area (Å²) in [7, 11) is 1.57. The Kier molecular flexibility index (Phi) is 4.72. The van der Waals surface area contributed by atoms with Crippen LogP contribution >= 0.6 is 0 Å². The van der Waals surface area contributed by atoms with E-state index in [2.05, 4.69) is 20.1 Å². The van der Waals surface area contributed by atoms with E-state index in [4.69, 9.17) is 4.74 Å². The average molecular weight is 416 g/mol. The Balaban J connectivity index is 1.79. The molecule has 9 heteroatoms. The number of methoxy groups -OCH3 is 1. The smallest absolute Gasteiger partial charge is 0.265 e. The van der Waals surface area contributed by atoms with E-state index in [1.54, 1.807) is 25.5 Å². The molecule has 5 rings (SSSR count). The van der Waals surface area contributed by atoms with E-state index < -0.39 is 0 Å². The van der Waals surface area contributed by atoms with E-state index in [1.807, 2.05) is 24.3 Å². The minimum Gasteiger partial charge on any atom is -0.383 e. The zero-order chi connectivity index (χ0) is 21.4. The van der Waals surface area contributed by atoms with Crippen LogP contribution in [0.2, 0.25) is 0 Å². The van der Waals surface area contributed by atoms with Crippen molar-refractivity contribution >= 4 is 39.4 Å². The van der Waals surface area contributed by atoms with Gasteiger partial charge in [-0.1, -0.05) is 24.3 Å². The van der Waals surface area contributed by atoms with E-state index in [9.17, 15) is 9.18 Å². The van der Waals surface area contributed by atoms with E-state index in [-0.39, 0.29) is 11.4 Å². The third kappa shape index (κ3) is 3.34. The molecule has 0 bridgehead atoms. The Bertz CT molecular complexity index is 1500. The van der Waals surface area contributed by atoms with E-state index in [0.717, 1.165) is 0 Å². The van der Waals surface area contributed by atoms with Crippen molar-refractivity contribution in [1.82, 2.24) is 24.2 Å². The number of fused-ring (bicyclic) bond motifs is 4. The SMILES string of the molecule is COCCn1cnc2c(c1=O)c1nc3ccccc3nc1n2N=Cc1ccc(F)cc1. The summed E-state index contributed by atoms with van der Waals surface area (Å²) >= 11 is 0. The van der Waals surface area contributed by atoms with Gasteiger partial charge in [-0.3, -0.25) is 9.36 Å². The Labute approximate surface area is 175 Å². The molecule has 3 aromatic heterocycles. The van der Waals surface area contributed by atoms with Gasteiger partial charge in [0.1, 0.15) is 23.0 Å². The largest absolute Gasteiger partial charge is 0.383 e. The highest BCUT2D eigenvalue weighted by Crippen LogP contribution is 2.24. The summed E-state index contributed by atoms with van der Waals surface area (Å²) in [5.74, 6) is -0.329. The van der Waals surface area contributed by atoms with Gasteiger partial charge in [-0.15, -0.1) is 0 Å². The maximum absolute atomic E-state index is 13.2. The lowest BCUT2D eigenvalue weighted by Crippen LogP contribution is -2.22. The van der Waals surface area contributed by atoms with Crippen LogP contribution in [0.25, 0.3) is 33.2 Å². The molecule has 0 spiro atoms. The Hall–Kier alpha value is -3.98. The van der Waals surface area contributed by atoms with Crippen LogP contribution in [0.4, 0.5) is 4.39 Å². The summed E-state index contributed by atoms with van der Waals surface area (Å²) in [6.45, 7) is 0.744. The number of hydrogen-bond donors (Lipinski definition) is 0. The molecule has 3 heterocycles. The van der Waals surface area contributed by atoms with Crippen molar-refractivity contribution in [2.24, 2.45) is 5.10 Å². The van der Waals surface area contributed by atoms with Gasteiger partial charge in [0.05, 0.1) is 30.4 Å². The van der Waals surface area contributed by atoms with Crippen molar-refractivity contribution in [3.63, 3.8) is 0 Å². The molecule has 0 radical (unpaired) electrons. The normalized spacial score (nSPS) is 11.9. The fraction of sp³-hybridized carbons (Fsp3) is 0.136. The van der Waals surface area contributed by atoms with Gasteiger partial charge in [0.2, 0.25) is 0 Å². The highest BCUT2D eigenvalue weighted by Gasteiger charge is 2.19. The maximum atomic E-state index is 13.2. The Morgan fingerprint density at radius 3 is 2.55 bits per heavy atom. The second-order valence-electron chi connectivity index (χ2n) is 6.93. The van der Waals surface area contributed by atoms with Gasteiger partial charge in [-0.25, -0.2) is 19.3 Å². The highest BCUT2D eigenvalue weighted by atomic mass is 19.1. The van der Waals surface area contributed by atoms with Crippen LogP contribution in [-0.2, 0) is 11.3 Å². The van der Waals surface area contributed by atoms with Crippen LogP contribution in [0, 0.1) is 5.82 Å². The van der Waals surface area contributed by atoms with Gasteiger partial charge in [0.15, 0.2) is 11.3 Å². The summed E-state index contributed by atoms with van der Waals surface area (Å²) in [6, 6.07) is 13.3. The first-order valence-electron chi connectivity index (χ1n) is 9.61. The third-order valence-corrected chi connectivity index (χ3v) is 4.94. The molecular weight excluding hydrogens is 399 g/mol. The van der Waals surface area contributed by atoms with Crippen molar-refractivity contribution in [3.8, 4) is 0 Å². The zero-order valence-electron chi connectivity index (χ0n) is 16.6. The maximum Gasteiger partial charge on any atom is 0.265 e. The Morgan fingerprint density at radius 1 is 1.06 bits per heavy atom. The lowest BCUT2D eigenvalue weighted by Gasteiger charge is -2.04. The number of benzene rings is 2. The lowest BCUT2D eigenvalue weighted by molar-refractivity contribution is 0.186. The van der Waals surface area contributed by atoms with Gasteiger partial charge >= 0.3 is 0 Å². The molecule has 0 N–H and O–H groups in total. The van der Waals surface area contributed by atoms with Gasteiger partial charge in [-0.05, 0) is 29.8 Å². The molecule has 154 valence electrons. The summed E-state index contributed by atoms with van der Waals surface area (Å²) in [4.78, 5) is 27.0. The highest BCUT2D eigenvalue weighted by molar-refractivity contribution is 6.04. The number of ether oxygens (including phenoxy) is 1. The molecule has 0 unspecified atom stereocenters. The van der Waals surface area contributed by atoms with Crippen LogP contribution in [0.3, 0.4) is 0 Å². The van der Waals surface area contributed by atoms with Gasteiger partial charge in [0, 0.05) is 7.11 Å². The predicted octanol–water partition coefficient (Wildman–Crippen LogP) is 2.96. The molecule has 2 aromatic carbocycles. The fourth-order valence-corrected chi connectivity index (χ4v) is 3.39. The van der Waals surface area contributed by atoms with Crippen LogP contribution < -0.4 is 5.56 Å². The summed E-state index contributed by atoms with van der Waals surface area (Å²) in [6.07, 6.45) is 3.03. The molecular formula is C22H17FN6O2. The molecule has 0 fully saturated rings. The molecule has 0 aliphatic rings. The first-order chi connectivity index (χ1) is 15.2.